The number of nitrogens with zero attached hydrogens (tertiary/aromatic N) is 1. The van der Waals surface area contributed by atoms with Gasteiger partial charge in [0.2, 0.25) is 5.76 Å². The molecule has 0 bridgehead atoms. The van der Waals surface area contributed by atoms with E-state index in [1.54, 1.807) is 6.92 Å². The molecule has 0 fully saturated rings. The summed E-state index contributed by atoms with van der Waals surface area (Å²) in [5, 5.41) is 23.3. The molecule has 0 aromatic carbocycles. The summed E-state index contributed by atoms with van der Waals surface area (Å²) >= 11 is 0. The summed E-state index contributed by atoms with van der Waals surface area (Å²) in [4.78, 5) is 11.3. The molecule has 6 nitrogen and oxygen atoms in total. The predicted molar refractivity (Wildman–Crippen MR) is 46.7 cm³/mol. The maximum atomic E-state index is 11.3. The molecule has 0 saturated carbocycles. The van der Waals surface area contributed by atoms with E-state index in [1.165, 1.54) is 6.20 Å². The van der Waals surface area contributed by atoms with Crippen LogP contribution in [0.25, 0.3) is 0 Å². The van der Waals surface area contributed by atoms with Crippen molar-refractivity contribution in [3.8, 4) is 0 Å². The summed E-state index contributed by atoms with van der Waals surface area (Å²) in [6, 6.07) is 0. The van der Waals surface area contributed by atoms with Gasteiger partial charge in [0, 0.05) is 12.1 Å². The van der Waals surface area contributed by atoms with Crippen LogP contribution in [0, 0.1) is 6.92 Å². The Morgan fingerprint density at radius 3 is 3.00 bits per heavy atom. The quantitative estimate of drug-likeness (QED) is 0.583. The molecule has 1 amide bonds. The lowest BCUT2D eigenvalue weighted by Gasteiger charge is -2.07. The molecule has 78 valence electrons. The summed E-state index contributed by atoms with van der Waals surface area (Å²) in [6.07, 6.45) is 0.472. The number of aromatic nitrogens is 1. The molecule has 0 aliphatic carbocycles. The number of aryl methyl sites for hydroxylation is 1. The lowest BCUT2D eigenvalue weighted by molar-refractivity contribution is 0.0777. The lowest BCUT2D eigenvalue weighted by atomic mass is 10.3. The number of carbonyl (C=O) groups excluding carboxylic acids is 1. The van der Waals surface area contributed by atoms with E-state index in [2.05, 4.69) is 15.0 Å². The van der Waals surface area contributed by atoms with Crippen molar-refractivity contribution in [2.75, 3.05) is 13.2 Å². The van der Waals surface area contributed by atoms with Gasteiger partial charge in [-0.15, -0.1) is 0 Å². The second kappa shape index (κ2) is 4.73. The van der Waals surface area contributed by atoms with Crippen molar-refractivity contribution in [1.29, 1.82) is 0 Å². The smallest absolute Gasteiger partial charge is 0.290 e. The highest BCUT2D eigenvalue weighted by Crippen LogP contribution is 2.04. The van der Waals surface area contributed by atoms with Crippen molar-refractivity contribution in [1.82, 2.24) is 10.5 Å². The SMILES string of the molecule is Cc1cnoc1C(=O)NCC(O)CO. The van der Waals surface area contributed by atoms with Crippen LogP contribution < -0.4 is 5.32 Å². The number of carbonyl (C=O) groups is 1. The summed E-state index contributed by atoms with van der Waals surface area (Å²) < 4.78 is 4.69. The van der Waals surface area contributed by atoms with E-state index >= 15 is 0 Å². The number of aliphatic hydroxyl groups is 2. The fraction of sp³-hybridized carbons (Fsp3) is 0.500. The maximum Gasteiger partial charge on any atom is 0.290 e. The first-order valence-electron chi connectivity index (χ1n) is 4.13. The van der Waals surface area contributed by atoms with Gasteiger partial charge in [0.25, 0.3) is 5.91 Å². The number of nitrogens with one attached hydrogen (secondary N) is 1. The fourth-order valence-electron chi connectivity index (χ4n) is 0.865. The second-order valence-corrected chi connectivity index (χ2v) is 2.88. The second-order valence-electron chi connectivity index (χ2n) is 2.88. The fourth-order valence-corrected chi connectivity index (χ4v) is 0.865. The summed E-state index contributed by atoms with van der Waals surface area (Å²) in [5.74, 6) is -0.331. The van der Waals surface area contributed by atoms with Crippen LogP contribution in [-0.4, -0.2) is 40.5 Å². The van der Waals surface area contributed by atoms with Crippen molar-refractivity contribution in [2.45, 2.75) is 13.0 Å². The minimum atomic E-state index is -0.956. The van der Waals surface area contributed by atoms with E-state index in [-0.39, 0.29) is 12.3 Å². The van der Waals surface area contributed by atoms with E-state index in [0.29, 0.717) is 5.56 Å². The zero-order valence-corrected chi connectivity index (χ0v) is 7.73. The Morgan fingerprint density at radius 2 is 2.50 bits per heavy atom. The van der Waals surface area contributed by atoms with Gasteiger partial charge in [0.15, 0.2) is 0 Å². The van der Waals surface area contributed by atoms with Crippen LogP contribution >= 0.6 is 0 Å². The van der Waals surface area contributed by atoms with E-state index in [0.717, 1.165) is 0 Å². The molecule has 1 heterocycles. The van der Waals surface area contributed by atoms with E-state index in [4.69, 9.17) is 10.2 Å². The van der Waals surface area contributed by atoms with Crippen LogP contribution in [-0.2, 0) is 0 Å². The predicted octanol–water partition coefficient (Wildman–Crippen LogP) is -0.934. The molecule has 0 radical (unpaired) electrons. The zero-order valence-electron chi connectivity index (χ0n) is 7.73. The third-order valence-corrected chi connectivity index (χ3v) is 1.66. The molecule has 6 heteroatoms. The van der Waals surface area contributed by atoms with Gasteiger partial charge in [-0.3, -0.25) is 4.79 Å². The summed E-state index contributed by atoms with van der Waals surface area (Å²) in [6.45, 7) is 1.28. The third kappa shape index (κ3) is 2.54. The van der Waals surface area contributed by atoms with E-state index in [9.17, 15) is 4.79 Å². The number of amides is 1. The molecule has 14 heavy (non-hydrogen) atoms. The van der Waals surface area contributed by atoms with Crippen LogP contribution in [0.5, 0.6) is 0 Å². The van der Waals surface area contributed by atoms with Crippen LogP contribution in [0.2, 0.25) is 0 Å². The van der Waals surface area contributed by atoms with Crippen molar-refractivity contribution in [2.24, 2.45) is 0 Å². The first kappa shape index (κ1) is 10.7. The third-order valence-electron chi connectivity index (χ3n) is 1.66. The minimum absolute atomic E-state index is 0.0184. The van der Waals surface area contributed by atoms with Gasteiger partial charge >= 0.3 is 0 Å². The van der Waals surface area contributed by atoms with Crippen LogP contribution in [0.15, 0.2) is 10.7 Å². The molecule has 1 aromatic rings. The Kier molecular flexibility index (Phi) is 3.61. The van der Waals surface area contributed by atoms with Crippen molar-refractivity contribution >= 4 is 5.91 Å². The lowest BCUT2D eigenvalue weighted by Crippen LogP contribution is -2.33. The Hall–Kier alpha value is -1.40. The Labute approximate surface area is 80.5 Å². The average molecular weight is 200 g/mol. The maximum absolute atomic E-state index is 11.3. The van der Waals surface area contributed by atoms with Gasteiger partial charge in [-0.25, -0.2) is 0 Å². The molecule has 1 unspecified atom stereocenters. The molecule has 0 aliphatic heterocycles. The molecular weight excluding hydrogens is 188 g/mol. The highest BCUT2D eigenvalue weighted by molar-refractivity contribution is 5.92. The first-order chi connectivity index (χ1) is 6.65. The molecule has 1 aromatic heterocycles. The molecule has 0 spiro atoms. The molecule has 0 saturated heterocycles. The van der Waals surface area contributed by atoms with Gasteiger partial charge in [-0.2, -0.15) is 0 Å². The van der Waals surface area contributed by atoms with Crippen LogP contribution in [0.3, 0.4) is 0 Å². The Balaban J connectivity index is 2.47. The van der Waals surface area contributed by atoms with E-state index in [1.807, 2.05) is 0 Å². The largest absolute Gasteiger partial charge is 0.394 e. The van der Waals surface area contributed by atoms with Crippen molar-refractivity contribution in [3.63, 3.8) is 0 Å². The summed E-state index contributed by atoms with van der Waals surface area (Å²) in [7, 11) is 0. The standard InChI is InChI=1S/C8H12N2O4/c1-5-2-10-14-7(5)8(13)9-3-6(12)4-11/h2,6,11-12H,3-4H2,1H3,(H,9,13). The number of aliphatic hydroxyl groups excluding tert-OH is 2. The topological polar surface area (TPSA) is 95.6 Å². The normalized spacial score (nSPS) is 12.5. The molecule has 1 atom stereocenters. The number of hydrogen-bond acceptors (Lipinski definition) is 5. The number of rotatable bonds is 4. The first-order valence-corrected chi connectivity index (χ1v) is 4.13. The Morgan fingerprint density at radius 1 is 1.79 bits per heavy atom. The molecular formula is C8H12N2O4. The van der Waals surface area contributed by atoms with E-state index < -0.39 is 18.6 Å². The molecule has 0 aliphatic rings. The van der Waals surface area contributed by atoms with Crippen molar-refractivity contribution < 1.29 is 19.5 Å². The van der Waals surface area contributed by atoms with Gasteiger partial charge in [-0.1, -0.05) is 5.16 Å². The number of hydrogen-bond donors (Lipinski definition) is 3. The Bertz CT molecular complexity index is 310. The monoisotopic (exact) mass is 200 g/mol. The van der Waals surface area contributed by atoms with Crippen LogP contribution in [0.4, 0.5) is 0 Å². The van der Waals surface area contributed by atoms with Crippen LogP contribution in [0.1, 0.15) is 16.1 Å². The molecule has 3 N–H and O–H groups in total. The van der Waals surface area contributed by atoms with Gasteiger partial charge in [0.05, 0.1) is 18.9 Å². The van der Waals surface area contributed by atoms with Gasteiger partial charge < -0.3 is 20.1 Å². The molecule has 1 rings (SSSR count). The zero-order chi connectivity index (χ0) is 10.6. The summed E-state index contributed by atoms with van der Waals surface area (Å²) in [5.41, 5.74) is 0.626. The van der Waals surface area contributed by atoms with Gasteiger partial charge in [-0.05, 0) is 6.92 Å². The van der Waals surface area contributed by atoms with Gasteiger partial charge in [0.1, 0.15) is 0 Å². The average Bonchev–Trinajstić information content (AvgIpc) is 2.60. The minimum Gasteiger partial charge on any atom is -0.394 e. The highest BCUT2D eigenvalue weighted by Gasteiger charge is 2.14. The highest BCUT2D eigenvalue weighted by atomic mass is 16.5. The van der Waals surface area contributed by atoms with Crippen molar-refractivity contribution in [3.05, 3.63) is 17.5 Å².